The molecular weight excluding hydrogens is 320 g/mol. The molecule has 0 aromatic carbocycles. The molecule has 0 aromatic rings. The molecule has 140 valence electrons. The topological polar surface area (TPSA) is 73.0 Å². The van der Waals surface area contributed by atoms with Crippen molar-refractivity contribution in [3.63, 3.8) is 0 Å². The van der Waals surface area contributed by atoms with Gasteiger partial charge in [0.25, 0.3) is 5.91 Å². The molecule has 2 aliphatic heterocycles. The number of amides is 4. The van der Waals surface area contributed by atoms with Crippen molar-refractivity contribution in [2.45, 2.75) is 50.5 Å². The molecule has 1 saturated carbocycles. The highest BCUT2D eigenvalue weighted by Gasteiger charge is 2.56. The van der Waals surface area contributed by atoms with Gasteiger partial charge in [-0.1, -0.05) is 19.3 Å². The predicted octanol–water partition coefficient (Wildman–Crippen LogP) is 1.04. The van der Waals surface area contributed by atoms with Crippen molar-refractivity contribution in [2.75, 3.05) is 40.3 Å². The molecule has 0 aromatic heterocycles. The van der Waals surface area contributed by atoms with Crippen LogP contribution in [0.5, 0.6) is 0 Å². The summed E-state index contributed by atoms with van der Waals surface area (Å²) in [5.41, 5.74) is -0.699. The minimum absolute atomic E-state index is 0.106. The number of nitrogens with one attached hydrogen (secondary N) is 1. The first-order chi connectivity index (χ1) is 12.0. The second-order valence-corrected chi connectivity index (χ2v) is 7.71. The fraction of sp³-hybridized carbons (Fsp3) is 0.833. The molecule has 7 nitrogen and oxygen atoms in total. The zero-order valence-electron chi connectivity index (χ0n) is 15.4. The molecule has 4 amide bonds. The van der Waals surface area contributed by atoms with Gasteiger partial charge in [0.15, 0.2) is 0 Å². The fourth-order valence-electron chi connectivity index (χ4n) is 4.58. The summed E-state index contributed by atoms with van der Waals surface area (Å²) in [5.74, 6) is 0.324. The normalized spacial score (nSPS) is 24.5. The first kappa shape index (κ1) is 18.2. The average molecular weight is 350 g/mol. The van der Waals surface area contributed by atoms with Gasteiger partial charge in [0, 0.05) is 20.1 Å². The molecule has 3 aliphatic rings. The number of carbonyl (C=O) groups is 3. The van der Waals surface area contributed by atoms with E-state index in [0.717, 1.165) is 38.6 Å². The van der Waals surface area contributed by atoms with Gasteiger partial charge in [0.05, 0.1) is 0 Å². The third-order valence-electron chi connectivity index (χ3n) is 6.24. The molecule has 2 saturated heterocycles. The van der Waals surface area contributed by atoms with Gasteiger partial charge in [0.2, 0.25) is 5.91 Å². The number of rotatable bonds is 4. The number of hydrogen-bond donors (Lipinski definition) is 1. The van der Waals surface area contributed by atoms with E-state index in [2.05, 4.69) is 5.32 Å². The van der Waals surface area contributed by atoms with Crippen molar-refractivity contribution < 1.29 is 14.4 Å². The van der Waals surface area contributed by atoms with Crippen molar-refractivity contribution in [1.82, 2.24) is 20.0 Å². The Morgan fingerprint density at radius 1 is 1.16 bits per heavy atom. The number of likely N-dealkylation sites (N-methyl/N-ethyl adjacent to an activating group) is 1. The van der Waals surface area contributed by atoms with E-state index in [1.165, 1.54) is 4.90 Å². The van der Waals surface area contributed by atoms with Crippen LogP contribution in [0.2, 0.25) is 0 Å². The first-order valence-corrected chi connectivity index (χ1v) is 9.52. The van der Waals surface area contributed by atoms with Crippen molar-refractivity contribution in [2.24, 2.45) is 5.92 Å². The van der Waals surface area contributed by atoms with Gasteiger partial charge < -0.3 is 15.1 Å². The van der Waals surface area contributed by atoms with Crippen LogP contribution in [0.3, 0.4) is 0 Å². The van der Waals surface area contributed by atoms with Gasteiger partial charge in [0.1, 0.15) is 12.1 Å². The Morgan fingerprint density at radius 2 is 1.80 bits per heavy atom. The molecule has 0 bridgehead atoms. The van der Waals surface area contributed by atoms with E-state index in [9.17, 15) is 14.4 Å². The lowest BCUT2D eigenvalue weighted by Crippen LogP contribution is -2.50. The van der Waals surface area contributed by atoms with Gasteiger partial charge in [-0.15, -0.1) is 0 Å². The van der Waals surface area contributed by atoms with Gasteiger partial charge in [-0.2, -0.15) is 0 Å². The van der Waals surface area contributed by atoms with Crippen molar-refractivity contribution in [3.05, 3.63) is 0 Å². The summed E-state index contributed by atoms with van der Waals surface area (Å²) in [6.07, 6.45) is 6.41. The Labute approximate surface area is 149 Å². The van der Waals surface area contributed by atoms with E-state index in [0.29, 0.717) is 31.8 Å². The van der Waals surface area contributed by atoms with E-state index in [1.54, 1.807) is 16.8 Å². The molecule has 3 fully saturated rings. The van der Waals surface area contributed by atoms with Gasteiger partial charge in [-0.25, -0.2) is 4.79 Å². The SMILES string of the molecule is CNCC1CCN(C(=O)CN2C(=O)N(C)C3(CCCCC3)C2=O)CC1. The van der Waals surface area contributed by atoms with Crippen molar-refractivity contribution in [1.29, 1.82) is 0 Å². The molecule has 7 heteroatoms. The van der Waals surface area contributed by atoms with Crippen LogP contribution in [0.25, 0.3) is 0 Å². The summed E-state index contributed by atoms with van der Waals surface area (Å²) in [7, 11) is 3.65. The molecular formula is C18H30N4O3. The highest BCUT2D eigenvalue weighted by Crippen LogP contribution is 2.39. The minimum atomic E-state index is -0.699. The molecule has 0 radical (unpaired) electrons. The highest BCUT2D eigenvalue weighted by atomic mass is 16.2. The minimum Gasteiger partial charge on any atom is -0.341 e. The van der Waals surface area contributed by atoms with Crippen molar-refractivity contribution in [3.8, 4) is 0 Å². The number of nitrogens with zero attached hydrogens (tertiary/aromatic N) is 3. The zero-order valence-corrected chi connectivity index (χ0v) is 15.4. The molecule has 0 unspecified atom stereocenters. The Bertz CT molecular complexity index is 536. The van der Waals surface area contributed by atoms with Crippen LogP contribution >= 0.6 is 0 Å². The fourth-order valence-corrected chi connectivity index (χ4v) is 4.58. The maximum absolute atomic E-state index is 12.9. The molecule has 3 rings (SSSR count). The van der Waals surface area contributed by atoms with Crippen LogP contribution in [-0.4, -0.2) is 78.4 Å². The van der Waals surface area contributed by atoms with Crippen LogP contribution < -0.4 is 5.32 Å². The van der Waals surface area contributed by atoms with E-state index < -0.39 is 5.54 Å². The quantitative estimate of drug-likeness (QED) is 0.769. The number of piperidine rings is 1. The summed E-state index contributed by atoms with van der Waals surface area (Å²) in [6.45, 7) is 2.28. The largest absolute Gasteiger partial charge is 0.341 e. The van der Waals surface area contributed by atoms with Crippen LogP contribution in [0, 0.1) is 5.92 Å². The highest BCUT2D eigenvalue weighted by molar-refractivity contribution is 6.08. The van der Waals surface area contributed by atoms with Crippen molar-refractivity contribution >= 4 is 17.8 Å². The average Bonchev–Trinajstić information content (AvgIpc) is 2.80. The first-order valence-electron chi connectivity index (χ1n) is 9.52. The second-order valence-electron chi connectivity index (χ2n) is 7.71. The zero-order chi connectivity index (χ0) is 18.0. The van der Waals surface area contributed by atoms with Crippen LogP contribution in [0.4, 0.5) is 4.79 Å². The standard InChI is InChI=1S/C18H30N4O3/c1-19-12-14-6-10-21(11-7-14)15(23)13-22-16(24)18(20(2)17(22)25)8-4-3-5-9-18/h14,19H,3-13H2,1-2H3. The lowest BCUT2D eigenvalue weighted by atomic mass is 9.81. The van der Waals surface area contributed by atoms with Crippen LogP contribution in [0.15, 0.2) is 0 Å². The number of hydrogen-bond acceptors (Lipinski definition) is 4. The molecule has 25 heavy (non-hydrogen) atoms. The maximum Gasteiger partial charge on any atom is 0.327 e. The summed E-state index contributed by atoms with van der Waals surface area (Å²) in [6, 6.07) is -0.315. The molecule has 2 heterocycles. The van der Waals surface area contributed by atoms with E-state index in [1.807, 2.05) is 7.05 Å². The molecule has 0 atom stereocenters. The Balaban J connectivity index is 1.62. The summed E-state index contributed by atoms with van der Waals surface area (Å²) in [4.78, 5) is 42.7. The lowest BCUT2D eigenvalue weighted by molar-refractivity contribution is -0.141. The maximum atomic E-state index is 12.9. The van der Waals surface area contributed by atoms with E-state index in [-0.39, 0.29) is 24.4 Å². The number of urea groups is 1. The molecule has 1 N–H and O–H groups in total. The monoisotopic (exact) mass is 350 g/mol. The number of imide groups is 1. The molecule has 1 aliphatic carbocycles. The Kier molecular flexibility index (Phi) is 5.32. The lowest BCUT2D eigenvalue weighted by Gasteiger charge is -2.36. The number of likely N-dealkylation sites (tertiary alicyclic amines) is 1. The smallest absolute Gasteiger partial charge is 0.327 e. The van der Waals surface area contributed by atoms with E-state index >= 15 is 0 Å². The van der Waals surface area contributed by atoms with Crippen LogP contribution in [-0.2, 0) is 9.59 Å². The summed E-state index contributed by atoms with van der Waals surface area (Å²) < 4.78 is 0. The molecule has 1 spiro atoms. The summed E-state index contributed by atoms with van der Waals surface area (Å²) >= 11 is 0. The summed E-state index contributed by atoms with van der Waals surface area (Å²) in [5, 5.41) is 3.18. The Morgan fingerprint density at radius 3 is 2.40 bits per heavy atom. The van der Waals surface area contributed by atoms with Gasteiger partial charge >= 0.3 is 6.03 Å². The third kappa shape index (κ3) is 3.26. The second kappa shape index (κ2) is 7.32. The third-order valence-corrected chi connectivity index (χ3v) is 6.24. The van der Waals surface area contributed by atoms with Crippen LogP contribution in [0.1, 0.15) is 44.9 Å². The van der Waals surface area contributed by atoms with Gasteiger partial charge in [-0.05, 0) is 45.2 Å². The Hall–Kier alpha value is -1.63. The van der Waals surface area contributed by atoms with E-state index in [4.69, 9.17) is 0 Å². The predicted molar refractivity (Wildman–Crippen MR) is 93.9 cm³/mol. The van der Waals surface area contributed by atoms with Gasteiger partial charge in [-0.3, -0.25) is 14.5 Å². The number of carbonyl (C=O) groups excluding carboxylic acids is 3.